The van der Waals surface area contributed by atoms with Crippen molar-refractivity contribution in [1.29, 1.82) is 0 Å². The summed E-state index contributed by atoms with van der Waals surface area (Å²) < 4.78 is 18.7. The lowest BCUT2D eigenvalue weighted by molar-refractivity contribution is 0.198. The highest BCUT2D eigenvalue weighted by atomic mass is 79.9. The van der Waals surface area contributed by atoms with E-state index in [0.29, 0.717) is 17.6 Å². The molecule has 0 aliphatic carbocycles. The molecule has 0 heterocycles. The molecule has 0 aromatic heterocycles. The number of ether oxygens (including phenoxy) is 1. The van der Waals surface area contributed by atoms with Gasteiger partial charge in [0.2, 0.25) is 0 Å². The maximum atomic E-state index is 13.3. The number of carbonyl (C=O) groups is 1. The van der Waals surface area contributed by atoms with E-state index in [0.717, 1.165) is 0 Å². The molecule has 2 amide bonds. The first-order valence-corrected chi connectivity index (χ1v) is 5.41. The number of halogens is 2. The molecule has 1 aromatic carbocycles. The van der Waals surface area contributed by atoms with Crippen molar-refractivity contribution in [3.63, 3.8) is 0 Å². The average molecular weight is 291 g/mol. The van der Waals surface area contributed by atoms with Gasteiger partial charge >= 0.3 is 6.03 Å². The van der Waals surface area contributed by atoms with Crippen LogP contribution in [0.4, 0.5) is 14.9 Å². The lowest BCUT2D eigenvalue weighted by atomic mass is 10.3. The molecule has 0 aliphatic rings. The summed E-state index contributed by atoms with van der Waals surface area (Å²) >= 11 is 3.13. The van der Waals surface area contributed by atoms with E-state index >= 15 is 0 Å². The van der Waals surface area contributed by atoms with Gasteiger partial charge in [-0.25, -0.2) is 9.18 Å². The molecule has 0 fully saturated rings. The summed E-state index contributed by atoms with van der Waals surface area (Å²) in [4.78, 5) is 11.3. The molecule has 2 N–H and O–H groups in total. The highest BCUT2D eigenvalue weighted by Gasteiger charge is 2.06. The third kappa shape index (κ3) is 4.16. The van der Waals surface area contributed by atoms with Gasteiger partial charge in [0.15, 0.2) is 0 Å². The average Bonchev–Trinajstić information content (AvgIpc) is 2.23. The van der Waals surface area contributed by atoms with Crippen molar-refractivity contribution >= 4 is 27.6 Å². The predicted molar refractivity (Wildman–Crippen MR) is 63.0 cm³/mol. The van der Waals surface area contributed by atoms with Gasteiger partial charge in [0, 0.05) is 18.1 Å². The van der Waals surface area contributed by atoms with Crippen LogP contribution in [-0.4, -0.2) is 26.3 Å². The maximum absolute atomic E-state index is 13.3. The van der Waals surface area contributed by atoms with Gasteiger partial charge in [-0.05, 0) is 18.2 Å². The second-order valence-electron chi connectivity index (χ2n) is 3.00. The molecule has 0 saturated carbocycles. The second kappa shape index (κ2) is 6.44. The smallest absolute Gasteiger partial charge is 0.319 e. The molecule has 16 heavy (non-hydrogen) atoms. The summed E-state index contributed by atoms with van der Waals surface area (Å²) in [7, 11) is 1.54. The molecule has 6 heteroatoms. The number of urea groups is 1. The van der Waals surface area contributed by atoms with Crippen molar-refractivity contribution in [2.45, 2.75) is 0 Å². The Kier molecular flexibility index (Phi) is 5.21. The van der Waals surface area contributed by atoms with Crippen LogP contribution in [-0.2, 0) is 4.74 Å². The molecule has 0 unspecified atom stereocenters. The maximum Gasteiger partial charge on any atom is 0.319 e. The molecule has 0 bridgehead atoms. The highest BCUT2D eigenvalue weighted by molar-refractivity contribution is 9.10. The van der Waals surface area contributed by atoms with Crippen molar-refractivity contribution in [2.24, 2.45) is 0 Å². The third-order valence-electron chi connectivity index (χ3n) is 1.77. The normalized spacial score (nSPS) is 9.94. The monoisotopic (exact) mass is 290 g/mol. The number of rotatable bonds is 4. The van der Waals surface area contributed by atoms with Crippen LogP contribution in [0.15, 0.2) is 22.7 Å². The Hall–Kier alpha value is -1.14. The van der Waals surface area contributed by atoms with Crippen LogP contribution >= 0.6 is 15.9 Å². The number of hydrogen-bond acceptors (Lipinski definition) is 2. The standard InChI is InChI=1S/C10H12BrFN2O2/c1-16-5-4-13-10(15)14-9-3-2-7(11)6-8(9)12/h2-3,6H,4-5H2,1H3,(H2,13,14,15). The zero-order chi connectivity index (χ0) is 12.0. The number of hydrogen-bond donors (Lipinski definition) is 2. The Morgan fingerprint density at radius 2 is 2.31 bits per heavy atom. The van der Waals surface area contributed by atoms with Gasteiger partial charge in [0.25, 0.3) is 0 Å². The third-order valence-corrected chi connectivity index (χ3v) is 2.26. The lowest BCUT2D eigenvalue weighted by Crippen LogP contribution is -2.31. The molecule has 0 saturated heterocycles. The quantitative estimate of drug-likeness (QED) is 0.837. The number of carbonyl (C=O) groups excluding carboxylic acids is 1. The van der Waals surface area contributed by atoms with Gasteiger partial charge in [-0.1, -0.05) is 15.9 Å². The first-order chi connectivity index (χ1) is 7.63. The molecule has 1 rings (SSSR count). The summed E-state index contributed by atoms with van der Waals surface area (Å²) in [5, 5.41) is 4.92. The van der Waals surface area contributed by atoms with E-state index in [4.69, 9.17) is 4.74 Å². The van der Waals surface area contributed by atoms with Crippen LogP contribution in [0.1, 0.15) is 0 Å². The van der Waals surface area contributed by atoms with Crippen LogP contribution < -0.4 is 10.6 Å². The molecular weight excluding hydrogens is 279 g/mol. The van der Waals surface area contributed by atoms with Crippen LogP contribution in [0.5, 0.6) is 0 Å². The first-order valence-electron chi connectivity index (χ1n) is 4.62. The molecule has 0 atom stereocenters. The number of methoxy groups -OCH3 is 1. The van der Waals surface area contributed by atoms with Crippen LogP contribution in [0, 0.1) is 5.82 Å². The Morgan fingerprint density at radius 1 is 1.56 bits per heavy atom. The Bertz CT molecular complexity index is 374. The van der Waals surface area contributed by atoms with E-state index in [1.54, 1.807) is 6.07 Å². The minimum Gasteiger partial charge on any atom is -0.383 e. The summed E-state index contributed by atoms with van der Waals surface area (Å²) in [5.41, 5.74) is 0.137. The molecule has 0 radical (unpaired) electrons. The Labute approximate surface area is 101 Å². The summed E-state index contributed by atoms with van der Waals surface area (Å²) in [6.45, 7) is 0.788. The molecule has 88 valence electrons. The topological polar surface area (TPSA) is 50.4 Å². The zero-order valence-electron chi connectivity index (χ0n) is 8.72. The van der Waals surface area contributed by atoms with Crippen LogP contribution in [0.25, 0.3) is 0 Å². The van der Waals surface area contributed by atoms with E-state index in [2.05, 4.69) is 26.6 Å². The SMILES string of the molecule is COCCNC(=O)Nc1ccc(Br)cc1F. The second-order valence-corrected chi connectivity index (χ2v) is 3.91. The van der Waals surface area contributed by atoms with E-state index in [-0.39, 0.29) is 5.69 Å². The van der Waals surface area contributed by atoms with Crippen molar-refractivity contribution in [1.82, 2.24) is 5.32 Å². The van der Waals surface area contributed by atoms with Gasteiger partial charge in [0.05, 0.1) is 12.3 Å². The van der Waals surface area contributed by atoms with Gasteiger partial charge in [-0.2, -0.15) is 0 Å². The largest absolute Gasteiger partial charge is 0.383 e. The van der Waals surface area contributed by atoms with E-state index in [1.165, 1.54) is 19.2 Å². The van der Waals surface area contributed by atoms with Gasteiger partial charge in [-0.15, -0.1) is 0 Å². The van der Waals surface area contributed by atoms with Crippen molar-refractivity contribution in [3.8, 4) is 0 Å². The molecule has 0 spiro atoms. The fourth-order valence-corrected chi connectivity index (χ4v) is 1.36. The van der Waals surface area contributed by atoms with E-state index in [1.807, 2.05) is 0 Å². The highest BCUT2D eigenvalue weighted by Crippen LogP contribution is 2.18. The Morgan fingerprint density at radius 3 is 2.94 bits per heavy atom. The fourth-order valence-electron chi connectivity index (χ4n) is 1.02. The van der Waals surface area contributed by atoms with Gasteiger partial charge < -0.3 is 15.4 Å². The van der Waals surface area contributed by atoms with Crippen molar-refractivity contribution in [3.05, 3.63) is 28.5 Å². The van der Waals surface area contributed by atoms with E-state index < -0.39 is 11.8 Å². The van der Waals surface area contributed by atoms with Crippen molar-refractivity contribution in [2.75, 3.05) is 25.6 Å². The van der Waals surface area contributed by atoms with Crippen LogP contribution in [0.2, 0.25) is 0 Å². The number of nitrogens with one attached hydrogen (secondary N) is 2. The lowest BCUT2D eigenvalue weighted by Gasteiger charge is -2.08. The first kappa shape index (κ1) is 12.9. The minimum absolute atomic E-state index is 0.137. The van der Waals surface area contributed by atoms with Gasteiger partial charge in [0.1, 0.15) is 5.82 Å². The molecule has 0 aliphatic heterocycles. The summed E-state index contributed by atoms with van der Waals surface area (Å²) in [6.07, 6.45) is 0. The van der Waals surface area contributed by atoms with E-state index in [9.17, 15) is 9.18 Å². The molecule has 1 aromatic rings. The zero-order valence-corrected chi connectivity index (χ0v) is 10.3. The number of anilines is 1. The predicted octanol–water partition coefficient (Wildman–Crippen LogP) is 2.36. The molecular formula is C10H12BrFN2O2. The van der Waals surface area contributed by atoms with Crippen molar-refractivity contribution < 1.29 is 13.9 Å². The summed E-state index contributed by atoms with van der Waals surface area (Å²) in [6, 6.07) is 3.95. The number of benzene rings is 1. The number of amides is 2. The summed E-state index contributed by atoms with van der Waals surface area (Å²) in [5.74, 6) is -0.490. The minimum atomic E-state index is -0.490. The fraction of sp³-hybridized carbons (Fsp3) is 0.300. The van der Waals surface area contributed by atoms with Gasteiger partial charge in [-0.3, -0.25) is 0 Å². The van der Waals surface area contributed by atoms with Crippen LogP contribution in [0.3, 0.4) is 0 Å². The molecule has 4 nitrogen and oxygen atoms in total. The Balaban J connectivity index is 2.49.